The van der Waals surface area contributed by atoms with Crippen molar-refractivity contribution in [1.29, 1.82) is 0 Å². The van der Waals surface area contributed by atoms with Crippen molar-refractivity contribution < 1.29 is 18.3 Å². The third kappa shape index (κ3) is 4.69. The molecule has 0 aliphatic heterocycles. The summed E-state index contributed by atoms with van der Waals surface area (Å²) in [5.74, 6) is -1.06. The standard InChI is InChI=1S/C11H13NO4S/c1-2-17(15,16)12-10-5-3-4-9(8-10)6-7-11(13)14/h3-8,12H,2H2,1H3,(H,13,14). The van der Waals surface area contributed by atoms with Gasteiger partial charge in [0.05, 0.1) is 5.75 Å². The molecule has 0 amide bonds. The number of nitrogens with one attached hydrogen (secondary N) is 1. The summed E-state index contributed by atoms with van der Waals surface area (Å²) < 4.78 is 25.0. The van der Waals surface area contributed by atoms with Crippen LogP contribution in [0.15, 0.2) is 30.3 Å². The van der Waals surface area contributed by atoms with E-state index in [2.05, 4.69) is 4.72 Å². The van der Waals surface area contributed by atoms with E-state index in [0.29, 0.717) is 11.3 Å². The zero-order valence-corrected chi connectivity index (χ0v) is 10.1. The van der Waals surface area contributed by atoms with E-state index in [9.17, 15) is 13.2 Å². The molecule has 0 heterocycles. The van der Waals surface area contributed by atoms with E-state index < -0.39 is 16.0 Å². The Labute approximate surface area is 99.8 Å². The van der Waals surface area contributed by atoms with E-state index in [-0.39, 0.29) is 5.75 Å². The Hall–Kier alpha value is -1.82. The molecular weight excluding hydrogens is 242 g/mol. The van der Waals surface area contributed by atoms with Crippen molar-refractivity contribution in [2.24, 2.45) is 0 Å². The molecule has 0 aliphatic rings. The molecule has 0 bridgehead atoms. The first kappa shape index (κ1) is 13.2. The Morgan fingerprint density at radius 1 is 1.47 bits per heavy atom. The molecule has 1 aromatic carbocycles. The summed E-state index contributed by atoms with van der Waals surface area (Å²) in [6.07, 6.45) is 2.39. The molecule has 0 radical (unpaired) electrons. The van der Waals surface area contributed by atoms with Crippen LogP contribution in [-0.4, -0.2) is 25.2 Å². The largest absolute Gasteiger partial charge is 0.478 e. The molecule has 1 aromatic rings. The predicted molar refractivity (Wildman–Crippen MR) is 66.2 cm³/mol. The summed E-state index contributed by atoms with van der Waals surface area (Å²) in [5.41, 5.74) is 1.03. The molecule has 2 N–H and O–H groups in total. The normalized spacial score (nSPS) is 11.6. The monoisotopic (exact) mass is 255 g/mol. The number of carbonyl (C=O) groups is 1. The number of hydrogen-bond donors (Lipinski definition) is 2. The van der Waals surface area contributed by atoms with E-state index in [0.717, 1.165) is 6.08 Å². The third-order valence-electron chi connectivity index (χ3n) is 1.96. The Morgan fingerprint density at radius 3 is 2.76 bits per heavy atom. The van der Waals surface area contributed by atoms with Crippen LogP contribution in [0.4, 0.5) is 5.69 Å². The number of carboxylic acids is 1. The van der Waals surface area contributed by atoms with Gasteiger partial charge in [-0.2, -0.15) is 0 Å². The van der Waals surface area contributed by atoms with Crippen molar-refractivity contribution in [1.82, 2.24) is 0 Å². The van der Waals surface area contributed by atoms with Gasteiger partial charge in [-0.05, 0) is 30.7 Å². The first-order valence-corrected chi connectivity index (χ1v) is 6.60. The second-order valence-corrected chi connectivity index (χ2v) is 5.31. The number of sulfonamides is 1. The lowest BCUT2D eigenvalue weighted by Crippen LogP contribution is -2.14. The maximum atomic E-state index is 11.3. The maximum Gasteiger partial charge on any atom is 0.328 e. The van der Waals surface area contributed by atoms with E-state index >= 15 is 0 Å². The molecule has 0 spiro atoms. The molecule has 5 nitrogen and oxygen atoms in total. The molecule has 92 valence electrons. The van der Waals surface area contributed by atoms with Gasteiger partial charge in [0.25, 0.3) is 0 Å². The fourth-order valence-corrected chi connectivity index (χ4v) is 1.76. The van der Waals surface area contributed by atoms with Gasteiger partial charge in [-0.25, -0.2) is 13.2 Å². The highest BCUT2D eigenvalue weighted by atomic mass is 32.2. The first-order valence-electron chi connectivity index (χ1n) is 4.94. The number of anilines is 1. The van der Waals surface area contributed by atoms with Gasteiger partial charge < -0.3 is 5.11 Å². The third-order valence-corrected chi connectivity index (χ3v) is 3.27. The summed E-state index contributed by atoms with van der Waals surface area (Å²) in [6.45, 7) is 1.54. The highest BCUT2D eigenvalue weighted by molar-refractivity contribution is 7.92. The second-order valence-electron chi connectivity index (χ2n) is 3.30. The molecule has 17 heavy (non-hydrogen) atoms. The minimum absolute atomic E-state index is 0.0117. The van der Waals surface area contributed by atoms with Gasteiger partial charge in [-0.1, -0.05) is 12.1 Å². The Kier molecular flexibility index (Phi) is 4.28. The van der Waals surface area contributed by atoms with E-state index in [1.807, 2.05) is 0 Å². The summed E-state index contributed by atoms with van der Waals surface area (Å²) >= 11 is 0. The van der Waals surface area contributed by atoms with Gasteiger partial charge in [0.1, 0.15) is 0 Å². The van der Waals surface area contributed by atoms with Crippen molar-refractivity contribution >= 4 is 27.8 Å². The highest BCUT2D eigenvalue weighted by Crippen LogP contribution is 2.13. The summed E-state index contributed by atoms with van der Waals surface area (Å²) in [7, 11) is -3.31. The highest BCUT2D eigenvalue weighted by Gasteiger charge is 2.06. The molecule has 0 aromatic heterocycles. The quantitative estimate of drug-likeness (QED) is 0.782. The molecule has 0 unspecified atom stereocenters. The molecule has 0 aliphatic carbocycles. The van der Waals surface area contributed by atoms with Crippen LogP contribution in [0.25, 0.3) is 6.08 Å². The Morgan fingerprint density at radius 2 is 2.18 bits per heavy atom. The fraction of sp³-hybridized carbons (Fsp3) is 0.182. The number of hydrogen-bond acceptors (Lipinski definition) is 3. The fourth-order valence-electron chi connectivity index (χ4n) is 1.13. The average Bonchev–Trinajstić information content (AvgIpc) is 2.26. The van der Waals surface area contributed by atoms with Crippen LogP contribution in [0.5, 0.6) is 0 Å². The summed E-state index contributed by atoms with van der Waals surface area (Å²) in [5, 5.41) is 8.47. The Bertz CT molecular complexity index is 534. The summed E-state index contributed by atoms with van der Waals surface area (Å²) in [6, 6.07) is 6.50. The molecule has 6 heteroatoms. The van der Waals surface area contributed by atoms with Crippen molar-refractivity contribution in [3.05, 3.63) is 35.9 Å². The summed E-state index contributed by atoms with van der Waals surface area (Å²) in [4.78, 5) is 10.3. The number of carboxylic acid groups (broad SMARTS) is 1. The predicted octanol–water partition coefficient (Wildman–Crippen LogP) is 1.55. The van der Waals surface area contributed by atoms with Crippen molar-refractivity contribution in [3.63, 3.8) is 0 Å². The molecule has 0 saturated heterocycles. The molecule has 0 fully saturated rings. The van der Waals surface area contributed by atoms with Gasteiger partial charge in [-0.3, -0.25) is 4.72 Å². The zero-order chi connectivity index (χ0) is 12.9. The smallest absolute Gasteiger partial charge is 0.328 e. The zero-order valence-electron chi connectivity index (χ0n) is 9.25. The van der Waals surface area contributed by atoms with Crippen LogP contribution in [-0.2, 0) is 14.8 Å². The van der Waals surface area contributed by atoms with E-state index in [1.54, 1.807) is 24.3 Å². The van der Waals surface area contributed by atoms with Gasteiger partial charge >= 0.3 is 5.97 Å². The topological polar surface area (TPSA) is 83.5 Å². The van der Waals surface area contributed by atoms with Gasteiger partial charge in [-0.15, -0.1) is 0 Å². The van der Waals surface area contributed by atoms with Gasteiger partial charge in [0.15, 0.2) is 0 Å². The minimum Gasteiger partial charge on any atom is -0.478 e. The van der Waals surface area contributed by atoms with Crippen LogP contribution in [0.2, 0.25) is 0 Å². The van der Waals surface area contributed by atoms with Crippen LogP contribution in [0, 0.1) is 0 Å². The van der Waals surface area contributed by atoms with Gasteiger partial charge in [0, 0.05) is 11.8 Å². The number of rotatable bonds is 5. The van der Waals surface area contributed by atoms with Crippen molar-refractivity contribution in [2.75, 3.05) is 10.5 Å². The van der Waals surface area contributed by atoms with Crippen molar-refractivity contribution in [2.45, 2.75) is 6.92 Å². The van der Waals surface area contributed by atoms with Crippen LogP contribution in [0.3, 0.4) is 0 Å². The number of aliphatic carboxylic acids is 1. The van der Waals surface area contributed by atoms with Crippen LogP contribution >= 0.6 is 0 Å². The van der Waals surface area contributed by atoms with Gasteiger partial charge in [0.2, 0.25) is 10.0 Å². The SMILES string of the molecule is CCS(=O)(=O)Nc1cccc(C=CC(=O)O)c1. The van der Waals surface area contributed by atoms with Crippen LogP contribution in [0.1, 0.15) is 12.5 Å². The van der Waals surface area contributed by atoms with E-state index in [1.165, 1.54) is 13.0 Å². The lowest BCUT2D eigenvalue weighted by Gasteiger charge is -2.06. The average molecular weight is 255 g/mol. The Balaban J connectivity index is 2.90. The molecule has 0 saturated carbocycles. The molecule has 0 atom stereocenters. The van der Waals surface area contributed by atoms with Crippen LogP contribution < -0.4 is 4.72 Å². The second kappa shape index (κ2) is 5.49. The lowest BCUT2D eigenvalue weighted by molar-refractivity contribution is -0.131. The minimum atomic E-state index is -3.31. The lowest BCUT2D eigenvalue weighted by atomic mass is 10.2. The first-order chi connectivity index (χ1) is 7.93. The molecule has 1 rings (SSSR count). The number of benzene rings is 1. The van der Waals surface area contributed by atoms with E-state index in [4.69, 9.17) is 5.11 Å². The maximum absolute atomic E-state index is 11.3. The van der Waals surface area contributed by atoms with Crippen molar-refractivity contribution in [3.8, 4) is 0 Å². The molecular formula is C11H13NO4S.